The van der Waals surface area contributed by atoms with E-state index in [4.69, 9.17) is 9.84 Å². The van der Waals surface area contributed by atoms with Crippen molar-refractivity contribution >= 4 is 5.97 Å². The van der Waals surface area contributed by atoms with Crippen molar-refractivity contribution in [2.75, 3.05) is 0 Å². The number of carboxylic acids is 1. The Kier molecular flexibility index (Phi) is 9.99. The van der Waals surface area contributed by atoms with Gasteiger partial charge in [0.2, 0.25) is 0 Å². The van der Waals surface area contributed by atoms with Crippen LogP contribution in [-0.4, -0.2) is 28.4 Å². The van der Waals surface area contributed by atoms with E-state index in [-0.39, 0.29) is 24.4 Å². The highest BCUT2D eigenvalue weighted by atomic mass is 16.5. The highest BCUT2D eigenvalue weighted by Crippen LogP contribution is 2.45. The average Bonchev–Trinajstić information content (AvgIpc) is 3.13. The molecule has 4 nitrogen and oxygen atoms in total. The van der Waals surface area contributed by atoms with Crippen LogP contribution in [-0.2, 0) is 9.53 Å². The van der Waals surface area contributed by atoms with E-state index in [0.29, 0.717) is 6.10 Å². The van der Waals surface area contributed by atoms with Gasteiger partial charge in [-0.15, -0.1) is 0 Å². The predicted octanol–water partition coefficient (Wildman–Crippen LogP) is 5.88. The quantitative estimate of drug-likeness (QED) is 0.496. The van der Waals surface area contributed by atoms with Crippen LogP contribution in [0.5, 0.6) is 0 Å². The maximum Gasteiger partial charge on any atom is 0.303 e. The van der Waals surface area contributed by atoms with Crippen LogP contribution < -0.4 is 0 Å². The molecule has 3 aliphatic rings. The van der Waals surface area contributed by atoms with E-state index < -0.39 is 5.97 Å². The zero-order chi connectivity index (χ0) is 21.2. The molecule has 6 unspecified atom stereocenters. The van der Waals surface area contributed by atoms with Gasteiger partial charge in [-0.1, -0.05) is 44.7 Å². The molecule has 3 rings (SSSR count). The summed E-state index contributed by atoms with van der Waals surface area (Å²) in [5, 5.41) is 18.5. The Labute approximate surface area is 176 Å². The third-order valence-electron chi connectivity index (χ3n) is 6.70. The second-order valence-corrected chi connectivity index (χ2v) is 8.80. The van der Waals surface area contributed by atoms with E-state index in [9.17, 15) is 9.90 Å². The van der Waals surface area contributed by atoms with Crippen LogP contribution >= 0.6 is 0 Å². The number of aliphatic hydroxyl groups excluding tert-OH is 1. The Bertz CT molecular complexity index is 563. The van der Waals surface area contributed by atoms with E-state index in [1.54, 1.807) is 0 Å². The SMILES string of the molecule is C=C1CC2CCC(O1)C2C/C=C\CC.CC/C=C\CC1C(O)CCC1CC(=O)O. The van der Waals surface area contributed by atoms with Crippen LogP contribution in [0.1, 0.15) is 78.1 Å². The van der Waals surface area contributed by atoms with Gasteiger partial charge in [0, 0.05) is 18.8 Å². The fourth-order valence-electron chi connectivity index (χ4n) is 5.20. The molecule has 164 valence electrons. The molecule has 2 bridgehead atoms. The minimum atomic E-state index is -0.751. The molecule has 29 heavy (non-hydrogen) atoms. The summed E-state index contributed by atoms with van der Waals surface area (Å²) < 4.78 is 5.79. The molecule has 1 aliphatic heterocycles. The number of hydrogen-bond acceptors (Lipinski definition) is 3. The maximum atomic E-state index is 10.6. The zero-order valence-electron chi connectivity index (χ0n) is 18.3. The second kappa shape index (κ2) is 12.2. The van der Waals surface area contributed by atoms with Crippen molar-refractivity contribution in [3.05, 3.63) is 36.6 Å². The topological polar surface area (TPSA) is 66.8 Å². The molecule has 0 aromatic heterocycles. The molecule has 0 aromatic rings. The summed E-state index contributed by atoms with van der Waals surface area (Å²) in [6.07, 6.45) is 18.5. The van der Waals surface area contributed by atoms with Crippen molar-refractivity contribution < 1.29 is 19.7 Å². The van der Waals surface area contributed by atoms with Gasteiger partial charge in [0.15, 0.2) is 0 Å². The molecule has 0 amide bonds. The summed E-state index contributed by atoms with van der Waals surface area (Å²) in [4.78, 5) is 10.6. The van der Waals surface area contributed by atoms with Crippen LogP contribution in [0.15, 0.2) is 36.6 Å². The molecule has 1 saturated heterocycles. The van der Waals surface area contributed by atoms with Crippen molar-refractivity contribution in [3.8, 4) is 0 Å². The molecule has 2 N–H and O–H groups in total. The molecule has 0 radical (unpaired) electrons. The Morgan fingerprint density at radius 3 is 2.28 bits per heavy atom. The number of rotatable bonds is 8. The molecule has 2 saturated carbocycles. The minimum absolute atomic E-state index is 0.142. The lowest BCUT2D eigenvalue weighted by Crippen LogP contribution is -2.27. The Morgan fingerprint density at radius 1 is 1.03 bits per heavy atom. The fourth-order valence-corrected chi connectivity index (χ4v) is 5.20. The van der Waals surface area contributed by atoms with Crippen molar-refractivity contribution in [1.82, 2.24) is 0 Å². The zero-order valence-corrected chi connectivity index (χ0v) is 18.3. The van der Waals surface area contributed by atoms with Gasteiger partial charge < -0.3 is 14.9 Å². The number of ether oxygens (including phenoxy) is 1. The molecular formula is C25H40O4. The van der Waals surface area contributed by atoms with E-state index in [1.165, 1.54) is 19.3 Å². The summed E-state index contributed by atoms with van der Waals surface area (Å²) >= 11 is 0. The molecule has 6 atom stereocenters. The van der Waals surface area contributed by atoms with Gasteiger partial charge in [-0.2, -0.15) is 0 Å². The Morgan fingerprint density at radius 2 is 1.69 bits per heavy atom. The van der Waals surface area contributed by atoms with Gasteiger partial charge in [-0.25, -0.2) is 0 Å². The van der Waals surface area contributed by atoms with Gasteiger partial charge >= 0.3 is 5.97 Å². The lowest BCUT2D eigenvalue weighted by molar-refractivity contribution is -0.138. The van der Waals surface area contributed by atoms with Crippen LogP contribution in [0.25, 0.3) is 0 Å². The number of aliphatic hydroxyl groups is 1. The molecule has 2 aliphatic carbocycles. The van der Waals surface area contributed by atoms with E-state index >= 15 is 0 Å². The van der Waals surface area contributed by atoms with E-state index in [0.717, 1.165) is 56.1 Å². The number of hydrogen-bond donors (Lipinski definition) is 2. The van der Waals surface area contributed by atoms with Gasteiger partial charge in [0.1, 0.15) is 6.10 Å². The van der Waals surface area contributed by atoms with Gasteiger partial charge in [0.05, 0.1) is 11.9 Å². The van der Waals surface area contributed by atoms with Crippen LogP contribution in [0.2, 0.25) is 0 Å². The highest BCUT2D eigenvalue weighted by Gasteiger charge is 2.40. The third kappa shape index (κ3) is 7.33. The smallest absolute Gasteiger partial charge is 0.303 e. The number of carbonyl (C=O) groups is 1. The van der Waals surface area contributed by atoms with Crippen LogP contribution in [0.4, 0.5) is 0 Å². The summed E-state index contributed by atoms with van der Waals surface area (Å²) in [7, 11) is 0. The van der Waals surface area contributed by atoms with Crippen molar-refractivity contribution in [3.63, 3.8) is 0 Å². The maximum absolute atomic E-state index is 10.6. The monoisotopic (exact) mass is 404 g/mol. The number of carboxylic acid groups (broad SMARTS) is 1. The van der Waals surface area contributed by atoms with E-state index in [2.05, 4.69) is 44.7 Å². The normalized spacial score (nSPS) is 33.7. The fraction of sp³-hybridized carbons (Fsp3) is 0.720. The average molecular weight is 405 g/mol. The molecule has 0 spiro atoms. The number of aliphatic carboxylic acids is 1. The molecule has 1 heterocycles. The van der Waals surface area contributed by atoms with Crippen molar-refractivity contribution in [2.45, 2.75) is 90.3 Å². The molecule has 3 fully saturated rings. The highest BCUT2D eigenvalue weighted by molar-refractivity contribution is 5.67. The van der Waals surface area contributed by atoms with Crippen molar-refractivity contribution in [1.29, 1.82) is 0 Å². The summed E-state index contributed by atoms with van der Waals surface area (Å²) in [6, 6.07) is 0. The van der Waals surface area contributed by atoms with Crippen LogP contribution in [0, 0.1) is 23.7 Å². The largest absolute Gasteiger partial charge is 0.495 e. The second-order valence-electron chi connectivity index (χ2n) is 8.80. The number of fused-ring (bicyclic) bond motifs is 2. The molecule has 4 heteroatoms. The lowest BCUT2D eigenvalue weighted by atomic mass is 9.86. The van der Waals surface area contributed by atoms with Gasteiger partial charge in [0.25, 0.3) is 0 Å². The minimum Gasteiger partial charge on any atom is -0.495 e. The van der Waals surface area contributed by atoms with E-state index in [1.807, 2.05) is 0 Å². The standard InChI is InChI=1S/C13H20O.C12H20O3/c1-3-4-5-6-12-11-7-8-13(12)14-10(2)9-11;1-2-3-4-5-10-9(8-12(14)15)6-7-11(10)13/h4-5,11-13H,2-3,6-9H2,1H3;3-4,9-11,13H,2,5-8H2,1H3,(H,14,15)/b5-4-;4-3-. The predicted molar refractivity (Wildman–Crippen MR) is 117 cm³/mol. The first kappa shape index (κ1) is 23.7. The first-order valence-corrected chi connectivity index (χ1v) is 11.5. The van der Waals surface area contributed by atoms with Crippen molar-refractivity contribution in [2.24, 2.45) is 23.7 Å². The van der Waals surface area contributed by atoms with Gasteiger partial charge in [-0.05, 0) is 69.1 Å². The Hall–Kier alpha value is -1.55. The molecule has 0 aromatic carbocycles. The summed E-state index contributed by atoms with van der Waals surface area (Å²) in [5.74, 6) is 2.18. The van der Waals surface area contributed by atoms with Crippen LogP contribution in [0.3, 0.4) is 0 Å². The summed E-state index contributed by atoms with van der Waals surface area (Å²) in [6.45, 7) is 8.20. The third-order valence-corrected chi connectivity index (χ3v) is 6.70. The summed E-state index contributed by atoms with van der Waals surface area (Å²) in [5.41, 5.74) is 0. The number of allylic oxidation sites excluding steroid dienone is 5. The first-order chi connectivity index (χ1) is 14.0. The first-order valence-electron chi connectivity index (χ1n) is 11.5. The molecular weight excluding hydrogens is 364 g/mol. The Balaban J connectivity index is 0.000000207. The van der Waals surface area contributed by atoms with Gasteiger partial charge in [-0.3, -0.25) is 4.79 Å². The lowest BCUT2D eigenvalue weighted by Gasteiger charge is -2.31.